The van der Waals surface area contributed by atoms with Gasteiger partial charge in [-0.05, 0) is 54.1 Å². The maximum Gasteiger partial charge on any atom is 0.364 e. The van der Waals surface area contributed by atoms with Gasteiger partial charge in [0, 0.05) is 12.8 Å². The summed E-state index contributed by atoms with van der Waals surface area (Å²) in [6, 6.07) is 24.6. The fourth-order valence-corrected chi connectivity index (χ4v) is 3.31. The van der Waals surface area contributed by atoms with Crippen LogP contribution in [0.25, 0.3) is 0 Å². The van der Waals surface area contributed by atoms with Crippen molar-refractivity contribution < 1.29 is 33.6 Å². The van der Waals surface area contributed by atoms with Crippen LogP contribution in [0.5, 0.6) is 23.0 Å². The Morgan fingerprint density at radius 3 is 1.85 bits per heavy atom. The van der Waals surface area contributed by atoms with Crippen molar-refractivity contribution in [1.82, 2.24) is 0 Å². The molecule has 7 nitrogen and oxygen atoms in total. The Kier molecular flexibility index (Phi) is 7.12. The third-order valence-corrected chi connectivity index (χ3v) is 5.28. The molecule has 0 spiro atoms. The number of hydrogen-bond donors (Lipinski definition) is 1. The first-order valence-electron chi connectivity index (χ1n) is 10.7. The molecule has 0 bridgehead atoms. The van der Waals surface area contributed by atoms with Crippen LogP contribution in [0, 0.1) is 0 Å². The Balaban J connectivity index is 1.18. The van der Waals surface area contributed by atoms with Gasteiger partial charge in [-0.25, -0.2) is 4.79 Å². The van der Waals surface area contributed by atoms with Gasteiger partial charge in [0.15, 0.2) is 0 Å². The molecule has 1 aliphatic rings. The van der Waals surface area contributed by atoms with Gasteiger partial charge in [-0.2, -0.15) is 0 Å². The summed E-state index contributed by atoms with van der Waals surface area (Å²) in [5, 5.41) is 9.15. The van der Waals surface area contributed by atoms with Gasteiger partial charge < -0.3 is 28.8 Å². The number of aliphatic carboxylic acids is 1. The zero-order valence-electron chi connectivity index (χ0n) is 18.3. The van der Waals surface area contributed by atoms with Crippen molar-refractivity contribution in [2.24, 2.45) is 0 Å². The van der Waals surface area contributed by atoms with Crippen molar-refractivity contribution in [3.8, 4) is 23.0 Å². The van der Waals surface area contributed by atoms with E-state index in [0.717, 1.165) is 28.6 Å². The second-order valence-corrected chi connectivity index (χ2v) is 7.72. The van der Waals surface area contributed by atoms with Gasteiger partial charge in [-0.1, -0.05) is 30.3 Å². The predicted molar refractivity (Wildman–Crippen MR) is 121 cm³/mol. The summed E-state index contributed by atoms with van der Waals surface area (Å²) < 4.78 is 28.1. The molecular formula is C26H26O7. The fourth-order valence-electron chi connectivity index (χ4n) is 3.31. The Labute approximate surface area is 192 Å². The second-order valence-electron chi connectivity index (χ2n) is 7.72. The van der Waals surface area contributed by atoms with Crippen molar-refractivity contribution in [3.05, 3.63) is 84.4 Å². The molecule has 33 heavy (non-hydrogen) atoms. The van der Waals surface area contributed by atoms with E-state index in [0.29, 0.717) is 13.2 Å². The molecule has 1 N–H and O–H groups in total. The summed E-state index contributed by atoms with van der Waals surface area (Å²) >= 11 is 0. The van der Waals surface area contributed by atoms with Crippen LogP contribution in [-0.2, 0) is 14.3 Å². The zero-order valence-corrected chi connectivity index (χ0v) is 18.3. The van der Waals surface area contributed by atoms with E-state index in [2.05, 4.69) is 0 Å². The van der Waals surface area contributed by atoms with Crippen molar-refractivity contribution in [2.45, 2.75) is 18.6 Å². The molecular weight excluding hydrogens is 424 g/mol. The van der Waals surface area contributed by atoms with E-state index in [1.165, 1.54) is 6.92 Å². The average Bonchev–Trinajstić information content (AvgIpc) is 2.84. The van der Waals surface area contributed by atoms with E-state index in [9.17, 15) is 4.79 Å². The number of carbonyl (C=O) groups is 1. The summed E-state index contributed by atoms with van der Waals surface area (Å²) in [6.45, 7) is 2.78. The minimum atomic E-state index is -1.57. The lowest BCUT2D eigenvalue weighted by Crippen LogP contribution is -2.47. The molecule has 1 fully saturated rings. The van der Waals surface area contributed by atoms with E-state index >= 15 is 0 Å². The van der Waals surface area contributed by atoms with Gasteiger partial charge in [0.25, 0.3) is 5.79 Å². The molecule has 0 amide bonds. The maximum atomic E-state index is 11.2. The Hall–Kier alpha value is -3.55. The Bertz CT molecular complexity index is 1020. The SMILES string of the molecule is C[C@]1(C(=O)O)OC[C@H](c2ccc(OCCOc3ccc(Oc4ccccc4)cc3)cc2)CO1. The summed E-state index contributed by atoms with van der Waals surface area (Å²) in [4.78, 5) is 11.2. The third-order valence-electron chi connectivity index (χ3n) is 5.28. The highest BCUT2D eigenvalue weighted by atomic mass is 16.7. The van der Waals surface area contributed by atoms with Gasteiger partial charge in [0.2, 0.25) is 0 Å². The lowest BCUT2D eigenvalue weighted by Gasteiger charge is -2.34. The van der Waals surface area contributed by atoms with Gasteiger partial charge in [-0.3, -0.25) is 0 Å². The molecule has 172 valence electrons. The summed E-state index contributed by atoms with van der Waals surface area (Å²) in [5.74, 6) is 0.266. The van der Waals surface area contributed by atoms with Gasteiger partial charge in [0.1, 0.15) is 36.2 Å². The van der Waals surface area contributed by atoms with Crippen LogP contribution in [0.2, 0.25) is 0 Å². The Morgan fingerprint density at radius 1 is 0.818 bits per heavy atom. The highest BCUT2D eigenvalue weighted by Crippen LogP contribution is 2.29. The van der Waals surface area contributed by atoms with Crippen LogP contribution in [0.3, 0.4) is 0 Å². The Morgan fingerprint density at radius 2 is 1.30 bits per heavy atom. The number of ether oxygens (including phenoxy) is 5. The molecule has 1 heterocycles. The first-order chi connectivity index (χ1) is 16.0. The quantitative estimate of drug-likeness (QED) is 0.466. The van der Waals surface area contributed by atoms with E-state index in [1.807, 2.05) is 78.9 Å². The standard InChI is InChI=1S/C26H26O7/c1-26(25(27)28)31-17-20(18-32-26)19-7-9-21(10-8-19)29-15-16-30-22-11-13-24(14-12-22)33-23-5-3-2-4-6-23/h2-14,20H,15-18H2,1H3,(H,27,28)/t20-,26-. The first kappa shape index (κ1) is 22.6. The van der Waals surface area contributed by atoms with Crippen LogP contribution >= 0.6 is 0 Å². The smallest absolute Gasteiger partial charge is 0.364 e. The molecule has 0 aromatic heterocycles. The largest absolute Gasteiger partial charge is 0.490 e. The molecule has 1 saturated heterocycles. The molecule has 0 aliphatic carbocycles. The van der Waals surface area contributed by atoms with Gasteiger partial charge in [-0.15, -0.1) is 0 Å². The van der Waals surface area contributed by atoms with Crippen molar-refractivity contribution in [3.63, 3.8) is 0 Å². The predicted octanol–water partition coefficient (Wildman–Crippen LogP) is 4.87. The van der Waals surface area contributed by atoms with Crippen LogP contribution in [0.4, 0.5) is 0 Å². The molecule has 4 rings (SSSR count). The number of carboxylic acids is 1. The van der Waals surface area contributed by atoms with Crippen LogP contribution in [0.1, 0.15) is 18.4 Å². The minimum absolute atomic E-state index is 0.0244. The fraction of sp³-hybridized carbons (Fsp3) is 0.269. The molecule has 1 aliphatic heterocycles. The molecule has 7 heteroatoms. The summed E-state index contributed by atoms with van der Waals surface area (Å²) in [7, 11) is 0. The van der Waals surface area contributed by atoms with Gasteiger partial charge >= 0.3 is 5.97 Å². The highest BCUT2D eigenvalue weighted by molar-refractivity contribution is 5.75. The summed E-state index contributed by atoms with van der Waals surface area (Å²) in [5.41, 5.74) is 1.00. The normalized spacial score (nSPS) is 20.1. The first-order valence-corrected chi connectivity index (χ1v) is 10.7. The third kappa shape index (κ3) is 6.03. The van der Waals surface area contributed by atoms with Crippen LogP contribution in [-0.4, -0.2) is 43.3 Å². The van der Waals surface area contributed by atoms with E-state index < -0.39 is 11.8 Å². The number of carboxylic acid groups (broad SMARTS) is 1. The van der Waals surface area contributed by atoms with Crippen molar-refractivity contribution in [1.29, 1.82) is 0 Å². The molecule has 3 aromatic carbocycles. The van der Waals surface area contributed by atoms with Crippen molar-refractivity contribution in [2.75, 3.05) is 26.4 Å². The minimum Gasteiger partial charge on any atom is -0.490 e. The lowest BCUT2D eigenvalue weighted by molar-refractivity contribution is -0.262. The number of hydrogen-bond acceptors (Lipinski definition) is 6. The molecule has 0 radical (unpaired) electrons. The van der Waals surface area contributed by atoms with Crippen molar-refractivity contribution >= 4 is 5.97 Å². The molecule has 0 unspecified atom stereocenters. The molecule has 0 atom stereocenters. The number of rotatable bonds is 9. The van der Waals surface area contributed by atoms with E-state index in [-0.39, 0.29) is 19.1 Å². The summed E-state index contributed by atoms with van der Waals surface area (Å²) in [6.07, 6.45) is 0. The number of benzene rings is 3. The zero-order chi connectivity index (χ0) is 23.1. The van der Waals surface area contributed by atoms with Gasteiger partial charge in [0.05, 0.1) is 13.2 Å². The van der Waals surface area contributed by atoms with E-state index in [4.69, 9.17) is 28.8 Å². The highest BCUT2D eigenvalue weighted by Gasteiger charge is 2.40. The second kappa shape index (κ2) is 10.4. The van der Waals surface area contributed by atoms with Crippen LogP contribution < -0.4 is 14.2 Å². The molecule has 3 aromatic rings. The van der Waals surface area contributed by atoms with E-state index in [1.54, 1.807) is 0 Å². The lowest BCUT2D eigenvalue weighted by atomic mass is 9.99. The topological polar surface area (TPSA) is 83.5 Å². The molecule has 0 saturated carbocycles. The average molecular weight is 450 g/mol. The number of para-hydroxylation sites is 1. The van der Waals surface area contributed by atoms with Crippen LogP contribution in [0.15, 0.2) is 78.9 Å². The monoisotopic (exact) mass is 450 g/mol. The maximum absolute atomic E-state index is 11.2.